The lowest BCUT2D eigenvalue weighted by atomic mass is 10.0. The number of amides is 1. The molecule has 4 aromatic rings. The van der Waals surface area contributed by atoms with Gasteiger partial charge in [0.05, 0.1) is 20.4 Å². The molecule has 0 radical (unpaired) electrons. The Labute approximate surface area is 161 Å². The molecule has 1 amide bonds. The minimum Gasteiger partial charge on any atom is -0.496 e. The van der Waals surface area contributed by atoms with E-state index in [1.165, 1.54) is 0 Å². The van der Waals surface area contributed by atoms with Gasteiger partial charge in [-0.15, -0.1) is 0 Å². The summed E-state index contributed by atoms with van der Waals surface area (Å²) in [7, 11) is 3.19. The number of hydrogen-bond acceptors (Lipinski definition) is 5. The average molecular weight is 374 g/mol. The van der Waals surface area contributed by atoms with E-state index in [4.69, 9.17) is 13.9 Å². The van der Waals surface area contributed by atoms with Crippen molar-refractivity contribution in [2.45, 2.75) is 0 Å². The molecule has 0 saturated carbocycles. The second kappa shape index (κ2) is 7.44. The normalized spacial score (nSPS) is 11.2. The van der Waals surface area contributed by atoms with Gasteiger partial charge in [0.2, 0.25) is 0 Å². The number of rotatable bonds is 5. The molecule has 4 rings (SSSR count). The Bertz CT molecular complexity index is 1190. The van der Waals surface area contributed by atoms with Crippen molar-refractivity contribution in [2.75, 3.05) is 14.2 Å². The molecule has 1 heterocycles. The molecule has 0 fully saturated rings. The molecule has 140 valence electrons. The quantitative estimate of drug-likeness (QED) is 0.416. The lowest BCUT2D eigenvalue weighted by molar-refractivity contribution is 0.0929. The van der Waals surface area contributed by atoms with Gasteiger partial charge < -0.3 is 13.9 Å². The van der Waals surface area contributed by atoms with E-state index in [2.05, 4.69) is 10.5 Å². The van der Waals surface area contributed by atoms with Gasteiger partial charge in [-0.1, -0.05) is 36.4 Å². The van der Waals surface area contributed by atoms with Crippen molar-refractivity contribution in [3.05, 3.63) is 72.0 Å². The van der Waals surface area contributed by atoms with Gasteiger partial charge in [-0.05, 0) is 29.7 Å². The van der Waals surface area contributed by atoms with Crippen LogP contribution in [0, 0.1) is 0 Å². The van der Waals surface area contributed by atoms with Crippen LogP contribution in [0.5, 0.6) is 11.5 Å². The summed E-state index contributed by atoms with van der Waals surface area (Å²) in [6.45, 7) is 0. The molecule has 0 bridgehead atoms. The Kier molecular flexibility index (Phi) is 4.68. The third kappa shape index (κ3) is 3.16. The highest BCUT2D eigenvalue weighted by atomic mass is 16.5. The number of ether oxygens (including phenoxy) is 2. The number of fused-ring (bicyclic) bond motifs is 2. The van der Waals surface area contributed by atoms with Crippen molar-refractivity contribution in [3.8, 4) is 11.5 Å². The van der Waals surface area contributed by atoms with Crippen LogP contribution in [-0.4, -0.2) is 26.3 Å². The zero-order valence-electron chi connectivity index (χ0n) is 15.4. The van der Waals surface area contributed by atoms with Gasteiger partial charge in [-0.25, -0.2) is 5.43 Å². The summed E-state index contributed by atoms with van der Waals surface area (Å²) in [6.07, 6.45) is 1.60. The number of benzene rings is 3. The summed E-state index contributed by atoms with van der Waals surface area (Å²) in [4.78, 5) is 12.4. The van der Waals surface area contributed by atoms with E-state index >= 15 is 0 Å². The molecule has 0 aliphatic heterocycles. The van der Waals surface area contributed by atoms with Gasteiger partial charge in [-0.3, -0.25) is 4.79 Å². The smallest absolute Gasteiger partial charge is 0.307 e. The summed E-state index contributed by atoms with van der Waals surface area (Å²) in [6, 6.07) is 18.7. The van der Waals surface area contributed by atoms with Crippen LogP contribution in [0.3, 0.4) is 0 Å². The maximum atomic E-state index is 12.4. The first-order valence-corrected chi connectivity index (χ1v) is 8.67. The number of hydrazone groups is 1. The Hall–Kier alpha value is -3.80. The first-order valence-electron chi connectivity index (χ1n) is 8.67. The first kappa shape index (κ1) is 17.6. The number of carbonyl (C=O) groups excluding carboxylic acids is 1. The summed E-state index contributed by atoms with van der Waals surface area (Å²) < 4.78 is 16.3. The van der Waals surface area contributed by atoms with Crippen molar-refractivity contribution < 1.29 is 18.7 Å². The number of hydrogen-bond donors (Lipinski definition) is 1. The first-order chi connectivity index (χ1) is 13.7. The highest BCUT2D eigenvalue weighted by Gasteiger charge is 2.14. The highest BCUT2D eigenvalue weighted by Crippen LogP contribution is 2.29. The van der Waals surface area contributed by atoms with E-state index in [9.17, 15) is 4.79 Å². The van der Waals surface area contributed by atoms with Gasteiger partial charge in [-0.2, -0.15) is 5.10 Å². The number of furan rings is 1. The number of nitrogens with zero attached hydrogens (tertiary/aromatic N) is 1. The second-order valence-corrected chi connectivity index (χ2v) is 6.09. The minimum atomic E-state index is -0.438. The lowest BCUT2D eigenvalue weighted by Gasteiger charge is -2.07. The summed E-state index contributed by atoms with van der Waals surface area (Å²) in [5.74, 6) is 1.08. The number of para-hydroxylation sites is 1. The van der Waals surface area contributed by atoms with Crippen molar-refractivity contribution in [3.63, 3.8) is 0 Å². The Morgan fingerprint density at radius 2 is 1.75 bits per heavy atom. The third-order valence-electron chi connectivity index (χ3n) is 4.46. The maximum Gasteiger partial charge on any atom is 0.307 e. The molecule has 6 heteroatoms. The van der Waals surface area contributed by atoms with Crippen LogP contribution < -0.4 is 14.9 Å². The predicted molar refractivity (Wildman–Crippen MR) is 108 cm³/mol. The molecule has 1 aromatic heterocycles. The van der Waals surface area contributed by atoms with Crippen LogP contribution in [0.25, 0.3) is 21.7 Å². The molecular formula is C22H18N2O4. The molecule has 1 N–H and O–H groups in total. The summed E-state index contributed by atoms with van der Waals surface area (Å²) >= 11 is 0. The lowest BCUT2D eigenvalue weighted by Crippen LogP contribution is -2.16. The van der Waals surface area contributed by atoms with Crippen LogP contribution in [0.1, 0.15) is 16.1 Å². The molecule has 0 spiro atoms. The molecule has 0 unspecified atom stereocenters. The third-order valence-corrected chi connectivity index (χ3v) is 4.46. The van der Waals surface area contributed by atoms with E-state index in [1.807, 2.05) is 48.5 Å². The zero-order valence-corrected chi connectivity index (χ0v) is 15.4. The maximum absolute atomic E-state index is 12.4. The van der Waals surface area contributed by atoms with E-state index in [-0.39, 0.29) is 5.76 Å². The molecule has 0 aliphatic carbocycles. The minimum absolute atomic E-state index is 0.163. The standard InChI is InChI=1S/C22H18N2O4/c1-26-18-11-10-15(16-7-3-4-8-17(16)18)13-23-24-22(25)20-12-14-6-5-9-19(27-2)21(14)28-20/h3-13H,1-2H3,(H,24,25)/b23-13-. The van der Waals surface area contributed by atoms with Crippen molar-refractivity contribution in [2.24, 2.45) is 5.10 Å². The number of methoxy groups -OCH3 is 2. The molecule has 6 nitrogen and oxygen atoms in total. The number of carbonyl (C=O) groups is 1. The van der Waals surface area contributed by atoms with Crippen LogP contribution in [0.15, 0.2) is 70.2 Å². The van der Waals surface area contributed by atoms with Gasteiger partial charge >= 0.3 is 5.91 Å². The topological polar surface area (TPSA) is 73.1 Å². The fourth-order valence-electron chi connectivity index (χ4n) is 3.11. The van der Waals surface area contributed by atoms with Crippen molar-refractivity contribution in [1.29, 1.82) is 0 Å². The van der Waals surface area contributed by atoms with Gasteiger partial charge in [0.25, 0.3) is 0 Å². The molecular weight excluding hydrogens is 356 g/mol. The summed E-state index contributed by atoms with van der Waals surface area (Å²) in [5.41, 5.74) is 3.90. The molecule has 28 heavy (non-hydrogen) atoms. The molecule has 0 saturated heterocycles. The average Bonchev–Trinajstić information content (AvgIpc) is 3.18. The fraction of sp³-hybridized carbons (Fsp3) is 0.0909. The molecule has 0 atom stereocenters. The van der Waals surface area contributed by atoms with E-state index in [0.717, 1.165) is 27.5 Å². The molecule has 3 aromatic carbocycles. The number of nitrogens with one attached hydrogen (secondary N) is 1. The van der Waals surface area contributed by atoms with Gasteiger partial charge in [0.15, 0.2) is 17.1 Å². The van der Waals surface area contributed by atoms with Crippen LogP contribution >= 0.6 is 0 Å². The Morgan fingerprint density at radius 1 is 0.964 bits per heavy atom. The second-order valence-electron chi connectivity index (χ2n) is 6.09. The van der Waals surface area contributed by atoms with Crippen molar-refractivity contribution >= 4 is 33.9 Å². The van der Waals surface area contributed by atoms with Crippen LogP contribution in [-0.2, 0) is 0 Å². The van der Waals surface area contributed by atoms with Crippen LogP contribution in [0.4, 0.5) is 0 Å². The van der Waals surface area contributed by atoms with Crippen LogP contribution in [0.2, 0.25) is 0 Å². The Balaban J connectivity index is 1.57. The predicted octanol–water partition coefficient (Wildman–Crippen LogP) is 4.37. The Morgan fingerprint density at radius 3 is 2.54 bits per heavy atom. The van der Waals surface area contributed by atoms with E-state index < -0.39 is 5.91 Å². The highest BCUT2D eigenvalue weighted by molar-refractivity contribution is 6.03. The largest absolute Gasteiger partial charge is 0.496 e. The van der Waals surface area contributed by atoms with Gasteiger partial charge in [0.1, 0.15) is 5.75 Å². The monoisotopic (exact) mass is 374 g/mol. The zero-order chi connectivity index (χ0) is 19.5. The molecule has 0 aliphatic rings. The van der Waals surface area contributed by atoms with E-state index in [1.54, 1.807) is 32.6 Å². The van der Waals surface area contributed by atoms with E-state index in [0.29, 0.717) is 11.3 Å². The summed E-state index contributed by atoms with van der Waals surface area (Å²) in [5, 5.41) is 6.82. The van der Waals surface area contributed by atoms with Gasteiger partial charge in [0, 0.05) is 16.3 Å². The fourth-order valence-corrected chi connectivity index (χ4v) is 3.11. The SMILES string of the molecule is COc1ccc(/C=N\NC(=O)c2cc3cccc(OC)c3o2)c2ccccc12. The van der Waals surface area contributed by atoms with Crippen molar-refractivity contribution in [1.82, 2.24) is 5.43 Å².